The third-order valence-corrected chi connectivity index (χ3v) is 5.51. The van der Waals surface area contributed by atoms with E-state index < -0.39 is 6.03 Å². The van der Waals surface area contributed by atoms with Gasteiger partial charge in [-0.05, 0) is 40.4 Å². The van der Waals surface area contributed by atoms with Crippen molar-refractivity contribution in [3.05, 3.63) is 20.8 Å². The molecule has 2 heterocycles. The molecule has 1 fully saturated rings. The fourth-order valence-corrected chi connectivity index (χ4v) is 4.00. The van der Waals surface area contributed by atoms with Gasteiger partial charge in [-0.15, -0.1) is 11.3 Å². The van der Waals surface area contributed by atoms with Crippen LogP contribution in [0.1, 0.15) is 29.9 Å². The fraction of sp³-hybridized carbons (Fsp3) is 0.625. The summed E-state index contributed by atoms with van der Waals surface area (Å²) in [4.78, 5) is 26.8. The first-order valence-electron chi connectivity index (χ1n) is 8.37. The smallest absolute Gasteiger partial charge is 0.333 e. The summed E-state index contributed by atoms with van der Waals surface area (Å²) in [7, 11) is 0. The highest BCUT2D eigenvalue weighted by atomic mass is 79.9. The summed E-state index contributed by atoms with van der Waals surface area (Å²) in [5, 5.41) is 2.84. The zero-order chi connectivity index (χ0) is 18.2. The summed E-state index contributed by atoms with van der Waals surface area (Å²) >= 11 is 4.61. The van der Waals surface area contributed by atoms with Gasteiger partial charge in [0.05, 0.1) is 21.9 Å². The Balaban J connectivity index is 1.76. The Kier molecular flexibility index (Phi) is 8.14. The van der Waals surface area contributed by atoms with E-state index in [9.17, 15) is 9.59 Å². The molecule has 25 heavy (non-hydrogen) atoms. The van der Waals surface area contributed by atoms with Crippen molar-refractivity contribution in [2.75, 3.05) is 32.8 Å². The first kappa shape index (κ1) is 20.2. The molecule has 7 nitrogen and oxygen atoms in total. The van der Waals surface area contributed by atoms with Crippen molar-refractivity contribution < 1.29 is 14.3 Å². The molecule has 1 aromatic rings. The van der Waals surface area contributed by atoms with Crippen LogP contribution in [0.15, 0.2) is 15.9 Å². The number of thiophene rings is 1. The largest absolute Gasteiger partial charge is 0.379 e. The number of carbonyl (C=O) groups excluding carboxylic acids is 2. The molecular formula is C16H25BrN4O3S. The van der Waals surface area contributed by atoms with Gasteiger partial charge in [0.15, 0.2) is 0 Å². The average molecular weight is 433 g/mol. The monoisotopic (exact) mass is 432 g/mol. The van der Waals surface area contributed by atoms with Crippen molar-refractivity contribution in [3.8, 4) is 0 Å². The molecule has 1 aliphatic heterocycles. The van der Waals surface area contributed by atoms with Crippen LogP contribution >= 0.6 is 27.3 Å². The maximum atomic E-state index is 12.0. The lowest BCUT2D eigenvalue weighted by Crippen LogP contribution is -2.53. The Hall–Kier alpha value is -1.16. The van der Waals surface area contributed by atoms with E-state index in [0.29, 0.717) is 17.3 Å². The van der Waals surface area contributed by atoms with Crippen LogP contribution in [0, 0.1) is 5.92 Å². The fourth-order valence-electron chi connectivity index (χ4n) is 2.71. The van der Waals surface area contributed by atoms with E-state index in [4.69, 9.17) is 4.74 Å². The van der Waals surface area contributed by atoms with Gasteiger partial charge in [-0.25, -0.2) is 10.2 Å². The first-order chi connectivity index (χ1) is 12.0. The predicted octanol–water partition coefficient (Wildman–Crippen LogP) is 2.20. The predicted molar refractivity (Wildman–Crippen MR) is 102 cm³/mol. The lowest BCUT2D eigenvalue weighted by atomic mass is 10.0. The van der Waals surface area contributed by atoms with Crippen molar-refractivity contribution in [3.63, 3.8) is 0 Å². The van der Waals surface area contributed by atoms with E-state index in [2.05, 4.69) is 50.8 Å². The van der Waals surface area contributed by atoms with Gasteiger partial charge < -0.3 is 10.1 Å². The highest BCUT2D eigenvalue weighted by molar-refractivity contribution is 9.11. The normalized spacial score (nSPS) is 16.5. The Morgan fingerprint density at radius 2 is 2.00 bits per heavy atom. The van der Waals surface area contributed by atoms with Crippen LogP contribution in [0.2, 0.25) is 0 Å². The minimum absolute atomic E-state index is 0.263. The van der Waals surface area contributed by atoms with Gasteiger partial charge in [0.1, 0.15) is 0 Å². The molecular weight excluding hydrogens is 408 g/mol. The molecule has 3 N–H and O–H groups in total. The van der Waals surface area contributed by atoms with Gasteiger partial charge in [0.2, 0.25) is 0 Å². The minimum Gasteiger partial charge on any atom is -0.379 e. The molecule has 9 heteroatoms. The molecule has 0 spiro atoms. The molecule has 0 bridgehead atoms. The van der Waals surface area contributed by atoms with Crippen LogP contribution in [0.3, 0.4) is 0 Å². The molecule has 0 aliphatic carbocycles. The molecule has 1 atom stereocenters. The van der Waals surface area contributed by atoms with Crippen LogP contribution in [0.4, 0.5) is 4.79 Å². The van der Waals surface area contributed by atoms with E-state index in [1.165, 1.54) is 11.3 Å². The Morgan fingerprint density at radius 3 is 2.60 bits per heavy atom. The average Bonchev–Trinajstić information content (AvgIpc) is 3.03. The van der Waals surface area contributed by atoms with Crippen molar-refractivity contribution >= 4 is 39.2 Å². The molecule has 140 valence electrons. The Labute approximate surface area is 160 Å². The molecule has 1 aliphatic rings. The minimum atomic E-state index is -0.411. The molecule has 1 aromatic heterocycles. The number of rotatable bonds is 6. The number of halogens is 1. The zero-order valence-electron chi connectivity index (χ0n) is 14.5. The Bertz CT molecular complexity index is 575. The second-order valence-corrected chi connectivity index (χ2v) is 8.79. The molecule has 3 amide bonds. The van der Waals surface area contributed by atoms with Crippen molar-refractivity contribution in [1.29, 1.82) is 0 Å². The number of nitrogens with zero attached hydrogens (tertiary/aromatic N) is 1. The van der Waals surface area contributed by atoms with Gasteiger partial charge in [-0.3, -0.25) is 15.1 Å². The highest BCUT2D eigenvalue weighted by Gasteiger charge is 2.22. The van der Waals surface area contributed by atoms with Crippen LogP contribution in [0.25, 0.3) is 0 Å². The zero-order valence-corrected chi connectivity index (χ0v) is 16.9. The first-order valence-corrected chi connectivity index (χ1v) is 9.98. The van der Waals surface area contributed by atoms with Gasteiger partial charge in [0.25, 0.3) is 5.91 Å². The summed E-state index contributed by atoms with van der Waals surface area (Å²) in [6.45, 7) is 8.10. The number of nitrogens with one attached hydrogen (secondary N) is 3. The SMILES string of the molecule is CC(C)CC(CNC(=O)NNC(=O)c1ccc(Br)s1)N1CCOCC1. The van der Waals surface area contributed by atoms with E-state index in [-0.39, 0.29) is 11.9 Å². The topological polar surface area (TPSA) is 82.7 Å². The second kappa shape index (κ2) is 10.1. The summed E-state index contributed by atoms with van der Waals surface area (Å²) in [5.74, 6) is 0.201. The van der Waals surface area contributed by atoms with Crippen molar-refractivity contribution in [1.82, 2.24) is 21.1 Å². The number of hydrazine groups is 1. The third-order valence-electron chi connectivity index (χ3n) is 3.89. The van der Waals surface area contributed by atoms with E-state index in [0.717, 1.165) is 36.5 Å². The lowest BCUT2D eigenvalue weighted by Gasteiger charge is -2.35. The maximum absolute atomic E-state index is 12.0. The highest BCUT2D eigenvalue weighted by Crippen LogP contribution is 2.21. The van der Waals surface area contributed by atoms with Crippen LogP contribution in [-0.2, 0) is 4.74 Å². The van der Waals surface area contributed by atoms with Gasteiger partial charge in [0, 0.05) is 25.7 Å². The van der Waals surface area contributed by atoms with E-state index in [1.807, 2.05) is 0 Å². The molecule has 1 saturated heterocycles. The van der Waals surface area contributed by atoms with Gasteiger partial charge >= 0.3 is 6.03 Å². The number of amides is 3. The van der Waals surface area contributed by atoms with E-state index in [1.54, 1.807) is 12.1 Å². The number of carbonyl (C=O) groups is 2. The summed E-state index contributed by atoms with van der Waals surface area (Å²) in [5.41, 5.74) is 4.81. The molecule has 2 rings (SSSR count). The van der Waals surface area contributed by atoms with Gasteiger partial charge in [-0.2, -0.15) is 0 Å². The number of ether oxygens (including phenoxy) is 1. The maximum Gasteiger partial charge on any atom is 0.333 e. The molecule has 1 unspecified atom stereocenters. The third kappa shape index (κ3) is 6.93. The quantitative estimate of drug-likeness (QED) is 0.601. The molecule has 0 radical (unpaired) electrons. The summed E-state index contributed by atoms with van der Waals surface area (Å²) in [6.07, 6.45) is 0.996. The van der Waals surface area contributed by atoms with Crippen LogP contribution in [0.5, 0.6) is 0 Å². The van der Waals surface area contributed by atoms with Crippen LogP contribution < -0.4 is 16.2 Å². The summed E-state index contributed by atoms with van der Waals surface area (Å²) < 4.78 is 6.26. The van der Waals surface area contributed by atoms with E-state index >= 15 is 0 Å². The Morgan fingerprint density at radius 1 is 1.28 bits per heavy atom. The molecule has 0 aromatic carbocycles. The van der Waals surface area contributed by atoms with Crippen LogP contribution in [-0.4, -0.2) is 55.7 Å². The number of urea groups is 1. The second-order valence-electron chi connectivity index (χ2n) is 6.32. The summed E-state index contributed by atoms with van der Waals surface area (Å²) in [6, 6.07) is 3.34. The lowest BCUT2D eigenvalue weighted by molar-refractivity contribution is 0.0129. The number of hydrogen-bond donors (Lipinski definition) is 3. The van der Waals surface area contributed by atoms with Gasteiger partial charge in [-0.1, -0.05) is 13.8 Å². The number of hydrogen-bond acceptors (Lipinski definition) is 5. The molecule has 0 saturated carbocycles. The number of morpholine rings is 1. The van der Waals surface area contributed by atoms with Crippen molar-refractivity contribution in [2.24, 2.45) is 5.92 Å². The van der Waals surface area contributed by atoms with Crippen molar-refractivity contribution in [2.45, 2.75) is 26.3 Å². The standard InChI is InChI=1S/C16H25BrN4O3S/c1-11(2)9-12(21-5-7-24-8-6-21)10-18-16(23)20-19-15(22)13-3-4-14(17)25-13/h3-4,11-12H,5-10H2,1-2H3,(H,19,22)(H2,18,20,23).